The second-order valence-corrected chi connectivity index (χ2v) is 2.76. The van der Waals surface area contributed by atoms with Crippen LogP contribution in [0.5, 0.6) is 0 Å². The first-order valence-corrected chi connectivity index (χ1v) is 4.37. The van der Waals surface area contributed by atoms with Crippen molar-refractivity contribution in [1.29, 1.82) is 0 Å². The molecule has 1 N–H and O–H groups in total. The van der Waals surface area contributed by atoms with E-state index in [2.05, 4.69) is 5.32 Å². The first-order valence-electron chi connectivity index (χ1n) is 2.60. The Kier molecular flexibility index (Phi) is 6.74. The zero-order valence-corrected chi connectivity index (χ0v) is 6.50. The normalized spacial score (nSPS) is 13.6. The van der Waals surface area contributed by atoms with Crippen molar-refractivity contribution < 1.29 is 8.76 Å². The highest BCUT2D eigenvalue weighted by molar-refractivity contribution is 7.79. The van der Waals surface area contributed by atoms with Gasteiger partial charge in [-0.05, 0) is 24.0 Å². The predicted octanol–water partition coefficient (Wildman–Crippen LogP) is 0.0415. The average Bonchev–Trinajstić information content (AvgIpc) is 1.80. The van der Waals surface area contributed by atoms with Crippen molar-refractivity contribution in [1.82, 2.24) is 5.32 Å². The Morgan fingerprint density at radius 3 is 2.78 bits per heavy atom. The molecule has 9 heavy (non-hydrogen) atoms. The van der Waals surface area contributed by atoms with Crippen LogP contribution in [0.4, 0.5) is 0 Å². The van der Waals surface area contributed by atoms with Crippen molar-refractivity contribution in [3.63, 3.8) is 0 Å². The molecule has 0 aromatic heterocycles. The van der Waals surface area contributed by atoms with Gasteiger partial charge in [0.1, 0.15) is 0 Å². The van der Waals surface area contributed by atoms with Crippen molar-refractivity contribution in [2.24, 2.45) is 0 Å². The Hall–Kier alpha value is 0.360. The Morgan fingerprint density at radius 1 is 1.67 bits per heavy atom. The third-order valence-corrected chi connectivity index (χ3v) is 1.41. The Balaban J connectivity index is 2.83. The first-order chi connectivity index (χ1) is 4.27. The first kappa shape index (κ1) is 9.36. The van der Waals surface area contributed by atoms with Crippen LogP contribution in [-0.2, 0) is 11.1 Å². The molecule has 56 valence electrons. The molecule has 0 aliphatic heterocycles. The van der Waals surface area contributed by atoms with Crippen LogP contribution in [0.1, 0.15) is 6.42 Å². The molecule has 0 heterocycles. The highest BCUT2D eigenvalue weighted by atomic mass is 35.5. The molecule has 3 nitrogen and oxygen atoms in total. The Labute approximate surface area is 62.1 Å². The summed E-state index contributed by atoms with van der Waals surface area (Å²) in [5, 5.41) is 2.69. The maximum Gasteiger partial charge on any atom is 0.0588 e. The second kappa shape index (κ2) is 6.48. The van der Waals surface area contributed by atoms with Crippen LogP contribution in [0.3, 0.4) is 0 Å². The van der Waals surface area contributed by atoms with Gasteiger partial charge in [-0.15, -0.1) is 11.6 Å². The molecule has 0 amide bonds. The fourth-order valence-electron chi connectivity index (χ4n) is 0.347. The summed E-state index contributed by atoms with van der Waals surface area (Å²) in [6, 6.07) is 0. The van der Waals surface area contributed by atoms with E-state index >= 15 is 0 Å². The van der Waals surface area contributed by atoms with Crippen LogP contribution in [-0.4, -0.2) is 27.1 Å². The highest BCUT2D eigenvalue weighted by Crippen LogP contribution is 1.80. The molecule has 0 fully saturated rings. The third kappa shape index (κ3) is 8.36. The summed E-state index contributed by atoms with van der Waals surface area (Å²) in [5.74, 6) is 0.593. The molecule has 0 bridgehead atoms. The summed E-state index contributed by atoms with van der Waals surface area (Å²) in [5.41, 5.74) is 0. The fourth-order valence-corrected chi connectivity index (χ4v) is 0.792. The van der Waals surface area contributed by atoms with E-state index < -0.39 is 11.1 Å². The van der Waals surface area contributed by atoms with Gasteiger partial charge in [-0.25, -0.2) is 0 Å². The maximum absolute atomic E-state index is 9.87. The van der Waals surface area contributed by atoms with Gasteiger partial charge in [-0.2, -0.15) is 0 Å². The number of rotatable bonds is 5. The van der Waals surface area contributed by atoms with Gasteiger partial charge in [-0.3, -0.25) is 4.21 Å². The summed E-state index contributed by atoms with van der Waals surface area (Å²) < 4.78 is 19.7. The lowest BCUT2D eigenvalue weighted by atomic mass is 10.5. The van der Waals surface area contributed by atoms with Gasteiger partial charge in [0.25, 0.3) is 0 Å². The van der Waals surface area contributed by atoms with Gasteiger partial charge in [0, 0.05) is 5.88 Å². The zero-order chi connectivity index (χ0) is 7.11. The molecule has 0 aromatic rings. The summed E-state index contributed by atoms with van der Waals surface area (Å²) in [7, 11) is 0. The van der Waals surface area contributed by atoms with E-state index in [1.807, 2.05) is 0 Å². The number of halogens is 1. The quantitative estimate of drug-likeness (QED) is 0.360. The lowest BCUT2D eigenvalue weighted by Gasteiger charge is -2.04. The maximum atomic E-state index is 9.87. The van der Waals surface area contributed by atoms with Gasteiger partial charge < -0.3 is 9.87 Å². The molecule has 0 saturated carbocycles. The van der Waals surface area contributed by atoms with E-state index in [4.69, 9.17) is 11.6 Å². The topological polar surface area (TPSA) is 52.2 Å². The van der Waals surface area contributed by atoms with Crippen molar-refractivity contribution in [2.75, 3.05) is 18.3 Å². The van der Waals surface area contributed by atoms with Crippen LogP contribution in [0.25, 0.3) is 0 Å². The van der Waals surface area contributed by atoms with E-state index in [-0.39, 0.29) is 5.88 Å². The summed E-state index contributed by atoms with van der Waals surface area (Å²) in [4.78, 5) is 0. The minimum Gasteiger partial charge on any atom is -0.771 e. The molecule has 0 aromatic carbocycles. The van der Waals surface area contributed by atoms with E-state index in [9.17, 15) is 8.76 Å². The molecular weight excluding hydrogens is 162 g/mol. The molecule has 0 rings (SSSR count). The minimum absolute atomic E-state index is 0.0247. The monoisotopic (exact) mass is 170 g/mol. The molecule has 0 saturated heterocycles. The van der Waals surface area contributed by atoms with Crippen molar-refractivity contribution in [2.45, 2.75) is 6.42 Å². The molecule has 1 unspecified atom stereocenters. The van der Waals surface area contributed by atoms with Crippen LogP contribution in [0.15, 0.2) is 0 Å². The minimum atomic E-state index is -1.97. The van der Waals surface area contributed by atoms with Crippen LogP contribution >= 0.6 is 11.6 Å². The SMILES string of the molecule is O=S([O-])CNCCCCl. The number of hydrogen-bond donors (Lipinski definition) is 1. The molecule has 0 aliphatic carbocycles. The summed E-state index contributed by atoms with van der Waals surface area (Å²) in [6.45, 7) is 0.664. The van der Waals surface area contributed by atoms with E-state index in [1.54, 1.807) is 0 Å². The number of hydrogen-bond acceptors (Lipinski definition) is 3. The average molecular weight is 171 g/mol. The summed E-state index contributed by atoms with van der Waals surface area (Å²) >= 11 is 3.35. The predicted molar refractivity (Wildman–Crippen MR) is 37.1 cm³/mol. The summed E-state index contributed by atoms with van der Waals surface area (Å²) in [6.07, 6.45) is 0.804. The highest BCUT2D eigenvalue weighted by Gasteiger charge is 1.83. The van der Waals surface area contributed by atoms with E-state index in [1.165, 1.54) is 0 Å². The second-order valence-electron chi connectivity index (χ2n) is 1.49. The fraction of sp³-hybridized carbons (Fsp3) is 1.00. The molecule has 0 radical (unpaired) electrons. The standard InChI is InChI=1S/C4H10ClNO2S/c5-2-1-3-6-4-9(7)8/h6H,1-4H2,(H,7,8)/p-1. The van der Waals surface area contributed by atoms with Crippen LogP contribution in [0, 0.1) is 0 Å². The zero-order valence-electron chi connectivity index (χ0n) is 4.93. The molecule has 0 spiro atoms. The van der Waals surface area contributed by atoms with E-state index in [0.29, 0.717) is 12.4 Å². The molecule has 5 heteroatoms. The molecule has 1 atom stereocenters. The molecular formula is C4H9ClNO2S-. The smallest absolute Gasteiger partial charge is 0.0588 e. The van der Waals surface area contributed by atoms with Crippen LogP contribution < -0.4 is 5.32 Å². The van der Waals surface area contributed by atoms with Gasteiger partial charge in [0.15, 0.2) is 0 Å². The Morgan fingerprint density at radius 2 is 2.33 bits per heavy atom. The largest absolute Gasteiger partial charge is 0.771 e. The Bertz CT molecular complexity index is 90.6. The van der Waals surface area contributed by atoms with Gasteiger partial charge in [0.2, 0.25) is 0 Å². The third-order valence-electron chi connectivity index (χ3n) is 0.707. The van der Waals surface area contributed by atoms with Gasteiger partial charge in [0.05, 0.1) is 5.88 Å². The van der Waals surface area contributed by atoms with Gasteiger partial charge >= 0.3 is 0 Å². The number of alkyl halides is 1. The van der Waals surface area contributed by atoms with Gasteiger partial charge in [-0.1, -0.05) is 0 Å². The lowest BCUT2D eigenvalue weighted by molar-refractivity contribution is 0.529. The van der Waals surface area contributed by atoms with Crippen molar-refractivity contribution in [3.05, 3.63) is 0 Å². The van der Waals surface area contributed by atoms with Crippen molar-refractivity contribution >= 4 is 22.7 Å². The number of nitrogens with one attached hydrogen (secondary N) is 1. The molecule has 0 aliphatic rings. The van der Waals surface area contributed by atoms with E-state index in [0.717, 1.165) is 6.42 Å². The van der Waals surface area contributed by atoms with Crippen molar-refractivity contribution in [3.8, 4) is 0 Å². The lowest BCUT2D eigenvalue weighted by Crippen LogP contribution is -2.20. The van der Waals surface area contributed by atoms with Crippen LogP contribution in [0.2, 0.25) is 0 Å².